The van der Waals surface area contributed by atoms with E-state index in [9.17, 15) is 4.79 Å². The highest BCUT2D eigenvalue weighted by molar-refractivity contribution is 5.79. The number of aromatic nitrogens is 2. The molecule has 3 heterocycles. The molecule has 2 bridgehead atoms. The second kappa shape index (κ2) is 5.97. The van der Waals surface area contributed by atoms with Gasteiger partial charge in [0.05, 0.1) is 18.1 Å². The third-order valence-corrected chi connectivity index (χ3v) is 4.01. The summed E-state index contributed by atoms with van der Waals surface area (Å²) in [5, 5.41) is 3.02. The number of hydrogen-bond donors (Lipinski definition) is 1. The third kappa shape index (κ3) is 3.15. The van der Waals surface area contributed by atoms with Gasteiger partial charge in [0.2, 0.25) is 11.9 Å². The van der Waals surface area contributed by atoms with Gasteiger partial charge in [0.25, 0.3) is 0 Å². The SMILES string of the molecule is CC(C)CNC(=O)[C@@H]1C[C@H]2CN(c3ncccn3)C[C@@H]1O2. The summed E-state index contributed by atoms with van der Waals surface area (Å²) in [5.74, 6) is 1.25. The van der Waals surface area contributed by atoms with E-state index in [0.29, 0.717) is 12.5 Å². The van der Waals surface area contributed by atoms with Crippen molar-refractivity contribution in [2.75, 3.05) is 24.5 Å². The van der Waals surface area contributed by atoms with E-state index in [0.717, 1.165) is 25.5 Å². The van der Waals surface area contributed by atoms with Crippen LogP contribution in [0.15, 0.2) is 18.5 Å². The van der Waals surface area contributed by atoms with Crippen LogP contribution in [0, 0.1) is 11.8 Å². The number of anilines is 1. The second-order valence-corrected chi connectivity index (χ2v) is 6.23. The lowest BCUT2D eigenvalue weighted by atomic mass is 9.99. The van der Waals surface area contributed by atoms with Crippen molar-refractivity contribution in [3.05, 3.63) is 18.5 Å². The van der Waals surface area contributed by atoms with Gasteiger partial charge in [0.1, 0.15) is 0 Å². The van der Waals surface area contributed by atoms with Crippen molar-refractivity contribution in [1.29, 1.82) is 0 Å². The molecule has 2 saturated heterocycles. The molecule has 0 radical (unpaired) electrons. The van der Waals surface area contributed by atoms with E-state index in [-0.39, 0.29) is 24.0 Å². The molecule has 3 rings (SSSR count). The Bertz CT molecular complexity index is 494. The van der Waals surface area contributed by atoms with Gasteiger partial charge in [-0.15, -0.1) is 0 Å². The van der Waals surface area contributed by atoms with Crippen molar-refractivity contribution in [1.82, 2.24) is 15.3 Å². The molecule has 3 atom stereocenters. The lowest BCUT2D eigenvalue weighted by Gasteiger charge is -2.32. The van der Waals surface area contributed by atoms with Gasteiger partial charge in [-0.2, -0.15) is 0 Å². The van der Waals surface area contributed by atoms with E-state index < -0.39 is 0 Å². The average molecular weight is 290 g/mol. The topological polar surface area (TPSA) is 67.4 Å². The van der Waals surface area contributed by atoms with Crippen molar-refractivity contribution in [2.45, 2.75) is 32.5 Å². The molecule has 0 unspecified atom stereocenters. The smallest absolute Gasteiger partial charge is 0.225 e. The minimum Gasteiger partial charge on any atom is -0.370 e. The molecule has 0 saturated carbocycles. The highest BCUT2D eigenvalue weighted by Gasteiger charge is 2.45. The Kier molecular flexibility index (Phi) is 4.05. The quantitative estimate of drug-likeness (QED) is 0.890. The van der Waals surface area contributed by atoms with Crippen LogP contribution < -0.4 is 10.2 Å². The molecule has 114 valence electrons. The molecule has 6 nitrogen and oxygen atoms in total. The van der Waals surface area contributed by atoms with Crippen molar-refractivity contribution in [2.24, 2.45) is 11.8 Å². The van der Waals surface area contributed by atoms with E-state index in [1.54, 1.807) is 18.5 Å². The van der Waals surface area contributed by atoms with Gasteiger partial charge in [0.15, 0.2) is 0 Å². The van der Waals surface area contributed by atoms with E-state index in [1.165, 1.54) is 0 Å². The van der Waals surface area contributed by atoms with E-state index in [1.807, 2.05) is 0 Å². The molecule has 2 fully saturated rings. The molecular formula is C15H22N4O2. The zero-order valence-corrected chi connectivity index (χ0v) is 12.5. The van der Waals surface area contributed by atoms with Crippen LogP contribution in [-0.2, 0) is 9.53 Å². The van der Waals surface area contributed by atoms with Gasteiger partial charge >= 0.3 is 0 Å². The summed E-state index contributed by atoms with van der Waals surface area (Å²) in [6.45, 7) is 6.35. The van der Waals surface area contributed by atoms with Gasteiger partial charge in [-0.3, -0.25) is 4.79 Å². The van der Waals surface area contributed by atoms with Gasteiger partial charge in [-0.25, -0.2) is 9.97 Å². The first-order chi connectivity index (χ1) is 10.1. The van der Waals surface area contributed by atoms with E-state index in [4.69, 9.17) is 4.74 Å². The molecule has 1 amide bonds. The number of nitrogens with one attached hydrogen (secondary N) is 1. The van der Waals surface area contributed by atoms with Crippen LogP contribution in [0.2, 0.25) is 0 Å². The summed E-state index contributed by atoms with van der Waals surface area (Å²) >= 11 is 0. The van der Waals surface area contributed by atoms with Crippen LogP contribution in [-0.4, -0.2) is 47.7 Å². The molecule has 1 aromatic heterocycles. The molecule has 1 N–H and O–H groups in total. The Morgan fingerprint density at radius 3 is 2.90 bits per heavy atom. The number of nitrogens with zero attached hydrogens (tertiary/aromatic N) is 3. The molecule has 6 heteroatoms. The molecular weight excluding hydrogens is 268 g/mol. The fraction of sp³-hybridized carbons (Fsp3) is 0.667. The Morgan fingerprint density at radius 2 is 2.19 bits per heavy atom. The number of carbonyl (C=O) groups is 1. The first kappa shape index (κ1) is 14.3. The van der Waals surface area contributed by atoms with Crippen LogP contribution >= 0.6 is 0 Å². The largest absolute Gasteiger partial charge is 0.370 e. The van der Waals surface area contributed by atoms with Crippen molar-refractivity contribution >= 4 is 11.9 Å². The van der Waals surface area contributed by atoms with Gasteiger partial charge < -0.3 is 15.0 Å². The van der Waals surface area contributed by atoms with Gasteiger partial charge in [-0.1, -0.05) is 13.8 Å². The number of ether oxygens (including phenoxy) is 1. The lowest BCUT2D eigenvalue weighted by molar-refractivity contribution is -0.126. The van der Waals surface area contributed by atoms with Gasteiger partial charge in [0, 0.05) is 32.0 Å². The molecule has 1 aromatic rings. The number of amides is 1. The minimum atomic E-state index is -0.0558. The zero-order valence-electron chi connectivity index (χ0n) is 12.5. The number of rotatable bonds is 4. The van der Waals surface area contributed by atoms with E-state index >= 15 is 0 Å². The molecule has 21 heavy (non-hydrogen) atoms. The molecule has 0 aliphatic carbocycles. The summed E-state index contributed by atoms with van der Waals surface area (Å²) in [4.78, 5) is 23.0. The average Bonchev–Trinajstić information content (AvgIpc) is 2.80. The lowest BCUT2D eigenvalue weighted by Crippen LogP contribution is -2.46. The van der Waals surface area contributed by atoms with Crippen LogP contribution in [0.1, 0.15) is 20.3 Å². The van der Waals surface area contributed by atoms with Gasteiger partial charge in [-0.05, 0) is 18.4 Å². The third-order valence-electron chi connectivity index (χ3n) is 4.01. The maximum Gasteiger partial charge on any atom is 0.225 e. The standard InChI is InChI=1S/C15H22N4O2/c1-10(2)7-18-14(20)12-6-11-8-19(9-13(12)21-11)15-16-4-3-5-17-15/h3-5,10-13H,6-9H2,1-2H3,(H,18,20)/t11-,12+,13-/m0/s1. The van der Waals surface area contributed by atoms with Crippen molar-refractivity contribution in [3.63, 3.8) is 0 Å². The summed E-state index contributed by atoms with van der Waals surface area (Å²) < 4.78 is 5.93. The van der Waals surface area contributed by atoms with Crippen LogP contribution in [0.3, 0.4) is 0 Å². The summed E-state index contributed by atoms with van der Waals surface area (Å²) in [5.41, 5.74) is 0. The Labute approximate surface area is 124 Å². The number of fused-ring (bicyclic) bond motifs is 2. The molecule has 0 spiro atoms. The van der Waals surface area contributed by atoms with Crippen LogP contribution in [0.5, 0.6) is 0 Å². The highest BCUT2D eigenvalue weighted by Crippen LogP contribution is 2.33. The summed E-state index contributed by atoms with van der Waals surface area (Å²) in [7, 11) is 0. The predicted octanol–water partition coefficient (Wildman–Crippen LogP) is 0.842. The second-order valence-electron chi connectivity index (χ2n) is 6.23. The molecule has 0 aromatic carbocycles. The molecule has 2 aliphatic rings. The highest BCUT2D eigenvalue weighted by atomic mass is 16.5. The van der Waals surface area contributed by atoms with Crippen molar-refractivity contribution < 1.29 is 9.53 Å². The summed E-state index contributed by atoms with van der Waals surface area (Å²) in [6, 6.07) is 1.81. The first-order valence-electron chi connectivity index (χ1n) is 7.58. The normalized spacial score (nSPS) is 28.0. The maximum atomic E-state index is 12.3. The predicted molar refractivity (Wildman–Crippen MR) is 78.9 cm³/mol. The Morgan fingerprint density at radius 1 is 1.43 bits per heavy atom. The van der Waals surface area contributed by atoms with Crippen LogP contribution in [0.25, 0.3) is 0 Å². The minimum absolute atomic E-state index is 0.0533. The zero-order chi connectivity index (χ0) is 14.8. The van der Waals surface area contributed by atoms with E-state index in [2.05, 4.69) is 34.0 Å². The van der Waals surface area contributed by atoms with Crippen molar-refractivity contribution in [3.8, 4) is 0 Å². The Hall–Kier alpha value is -1.69. The first-order valence-corrected chi connectivity index (χ1v) is 7.58. The Balaban J connectivity index is 1.64. The fourth-order valence-corrected chi connectivity index (χ4v) is 2.99. The number of morpholine rings is 1. The van der Waals surface area contributed by atoms with Crippen LogP contribution in [0.4, 0.5) is 5.95 Å². The fourth-order valence-electron chi connectivity index (χ4n) is 2.99. The number of hydrogen-bond acceptors (Lipinski definition) is 5. The molecule has 2 aliphatic heterocycles. The summed E-state index contributed by atoms with van der Waals surface area (Å²) in [6.07, 6.45) is 4.32. The maximum absolute atomic E-state index is 12.3. The monoisotopic (exact) mass is 290 g/mol. The number of carbonyl (C=O) groups excluding carboxylic acids is 1.